The van der Waals surface area contributed by atoms with Gasteiger partial charge in [-0.3, -0.25) is 10.1 Å². The van der Waals surface area contributed by atoms with Gasteiger partial charge in [0.15, 0.2) is 0 Å². The number of nitro groups is 1. The minimum absolute atomic E-state index is 0.00161. The molecule has 0 aliphatic rings. The number of benzene rings is 2. The monoisotopic (exact) mass is 353 g/mol. The Morgan fingerprint density at radius 3 is 2.27 bits per heavy atom. The summed E-state index contributed by atoms with van der Waals surface area (Å²) in [5.74, 6) is 0.152. The maximum Gasteiger partial charge on any atom is 0.379 e. The number of esters is 1. The Morgan fingerprint density at radius 1 is 1.08 bits per heavy atom. The van der Waals surface area contributed by atoms with Crippen LogP contribution in [0.5, 0.6) is 11.5 Å². The summed E-state index contributed by atoms with van der Waals surface area (Å²) in [6.07, 6.45) is 0. The predicted molar refractivity (Wildman–Crippen MR) is 93.3 cm³/mol. The average molecular weight is 353 g/mol. The van der Waals surface area contributed by atoms with Gasteiger partial charge in [0.25, 0.3) is 5.69 Å². The largest absolute Gasteiger partial charge is 0.507 e. The van der Waals surface area contributed by atoms with E-state index in [1.807, 2.05) is 0 Å². The molecule has 2 aromatic carbocycles. The van der Waals surface area contributed by atoms with Gasteiger partial charge < -0.3 is 14.3 Å². The number of hydrogen-bond acceptors (Lipinski definition) is 6. The molecule has 0 radical (unpaired) electrons. The van der Waals surface area contributed by atoms with Crippen LogP contribution in [0.15, 0.2) is 52.9 Å². The van der Waals surface area contributed by atoms with Crippen LogP contribution in [0.25, 0.3) is 11.3 Å². The summed E-state index contributed by atoms with van der Waals surface area (Å²) >= 11 is 0. The van der Waals surface area contributed by atoms with Gasteiger partial charge in [0.1, 0.15) is 17.3 Å². The van der Waals surface area contributed by atoms with E-state index >= 15 is 0 Å². The van der Waals surface area contributed by atoms with Crippen molar-refractivity contribution in [3.8, 4) is 22.8 Å². The van der Waals surface area contributed by atoms with Crippen LogP contribution in [0.1, 0.15) is 21.7 Å². The number of carbonyl (C=O) groups excluding carboxylic acids is 1. The van der Waals surface area contributed by atoms with Gasteiger partial charge in [0, 0.05) is 17.7 Å². The van der Waals surface area contributed by atoms with Crippen LogP contribution in [0.3, 0.4) is 0 Å². The lowest BCUT2D eigenvalue weighted by molar-refractivity contribution is -0.384. The van der Waals surface area contributed by atoms with Gasteiger partial charge in [-0.25, -0.2) is 4.79 Å². The van der Waals surface area contributed by atoms with Crippen molar-refractivity contribution < 1.29 is 24.0 Å². The maximum absolute atomic E-state index is 12.2. The van der Waals surface area contributed by atoms with Crippen molar-refractivity contribution in [2.45, 2.75) is 13.8 Å². The van der Waals surface area contributed by atoms with Crippen molar-refractivity contribution >= 4 is 11.7 Å². The van der Waals surface area contributed by atoms with Gasteiger partial charge in [-0.15, -0.1) is 0 Å². The van der Waals surface area contributed by atoms with Crippen LogP contribution < -0.4 is 4.74 Å². The van der Waals surface area contributed by atoms with Crippen molar-refractivity contribution in [2.75, 3.05) is 0 Å². The number of carbonyl (C=O) groups is 1. The first-order valence-corrected chi connectivity index (χ1v) is 7.72. The number of ether oxygens (including phenoxy) is 1. The number of aromatic hydroxyl groups is 1. The molecule has 3 aromatic rings. The van der Waals surface area contributed by atoms with Gasteiger partial charge in [-0.1, -0.05) is 0 Å². The Labute approximate surface area is 148 Å². The van der Waals surface area contributed by atoms with Crippen LogP contribution in [-0.2, 0) is 0 Å². The summed E-state index contributed by atoms with van der Waals surface area (Å²) in [5, 5.41) is 20.5. The van der Waals surface area contributed by atoms with Gasteiger partial charge in [0.2, 0.25) is 5.76 Å². The molecule has 132 valence electrons. The lowest BCUT2D eigenvalue weighted by Crippen LogP contribution is -2.07. The third kappa shape index (κ3) is 3.41. The van der Waals surface area contributed by atoms with E-state index in [2.05, 4.69) is 0 Å². The third-order valence-corrected chi connectivity index (χ3v) is 3.84. The summed E-state index contributed by atoms with van der Waals surface area (Å²) in [5.41, 5.74) is 2.04. The van der Waals surface area contributed by atoms with Gasteiger partial charge in [0.05, 0.1) is 4.92 Å². The SMILES string of the molecule is Cc1cc(-c2ccc(C(=O)Oc3ccc([N+](=O)[O-])cc3)o2)cc(C)c1O. The van der Waals surface area contributed by atoms with Gasteiger partial charge in [-0.05, 0) is 61.4 Å². The zero-order valence-corrected chi connectivity index (χ0v) is 14.1. The molecule has 3 rings (SSSR count). The maximum atomic E-state index is 12.2. The van der Waals surface area contributed by atoms with Gasteiger partial charge >= 0.3 is 5.97 Å². The van der Waals surface area contributed by atoms with E-state index in [4.69, 9.17) is 9.15 Å². The highest BCUT2D eigenvalue weighted by Crippen LogP contribution is 2.30. The molecule has 1 heterocycles. The van der Waals surface area contributed by atoms with E-state index in [-0.39, 0.29) is 22.9 Å². The number of rotatable bonds is 4. The first-order chi connectivity index (χ1) is 12.3. The average Bonchev–Trinajstić information content (AvgIpc) is 3.10. The summed E-state index contributed by atoms with van der Waals surface area (Å²) in [6.45, 7) is 3.55. The molecule has 0 spiro atoms. The highest BCUT2D eigenvalue weighted by molar-refractivity contribution is 5.89. The second-order valence-corrected chi connectivity index (χ2v) is 5.76. The number of aryl methyl sites for hydroxylation is 2. The number of phenolic OH excluding ortho intramolecular Hbond substituents is 1. The zero-order chi connectivity index (χ0) is 18.8. The van der Waals surface area contributed by atoms with E-state index in [0.29, 0.717) is 16.9 Å². The van der Waals surface area contributed by atoms with Gasteiger partial charge in [-0.2, -0.15) is 0 Å². The minimum atomic E-state index is -0.711. The Balaban J connectivity index is 1.79. The first kappa shape index (κ1) is 17.2. The molecule has 1 aromatic heterocycles. The Bertz CT molecular complexity index is 965. The fourth-order valence-electron chi connectivity index (χ4n) is 2.49. The number of nitro benzene ring substituents is 1. The molecular formula is C19H15NO6. The van der Waals surface area contributed by atoms with Crippen molar-refractivity contribution in [2.24, 2.45) is 0 Å². The van der Waals surface area contributed by atoms with E-state index in [9.17, 15) is 20.0 Å². The number of phenols is 1. The molecule has 0 saturated carbocycles. The number of furan rings is 1. The lowest BCUT2D eigenvalue weighted by atomic mass is 10.0. The standard InChI is InChI=1S/C19H15NO6/c1-11-9-13(10-12(2)18(11)21)16-7-8-17(26-16)19(22)25-15-5-3-14(4-6-15)20(23)24/h3-10,21H,1-2H3. The molecule has 7 nitrogen and oxygen atoms in total. The zero-order valence-electron chi connectivity index (χ0n) is 14.1. The molecular weight excluding hydrogens is 338 g/mol. The number of hydrogen-bond donors (Lipinski definition) is 1. The molecule has 0 aliphatic heterocycles. The summed E-state index contributed by atoms with van der Waals surface area (Å²) in [7, 11) is 0. The fourth-order valence-corrected chi connectivity index (χ4v) is 2.49. The molecule has 0 saturated heterocycles. The molecule has 0 atom stereocenters. The molecule has 0 aliphatic carbocycles. The van der Waals surface area contributed by atoms with Crippen molar-refractivity contribution in [3.05, 3.63) is 75.5 Å². The molecule has 0 unspecified atom stereocenters. The summed E-state index contributed by atoms with van der Waals surface area (Å²) in [6, 6.07) is 11.8. The second-order valence-electron chi connectivity index (χ2n) is 5.76. The topological polar surface area (TPSA) is 103 Å². The van der Waals surface area contributed by atoms with Crippen LogP contribution in [0.2, 0.25) is 0 Å². The van der Waals surface area contributed by atoms with E-state index < -0.39 is 10.9 Å². The molecule has 26 heavy (non-hydrogen) atoms. The van der Waals surface area contributed by atoms with E-state index in [0.717, 1.165) is 5.56 Å². The number of nitrogens with zero attached hydrogens (tertiary/aromatic N) is 1. The Kier molecular flexibility index (Phi) is 4.45. The van der Waals surface area contributed by atoms with Crippen LogP contribution in [0.4, 0.5) is 5.69 Å². The Morgan fingerprint density at radius 2 is 1.69 bits per heavy atom. The normalized spacial score (nSPS) is 10.5. The molecule has 0 fully saturated rings. The quantitative estimate of drug-likeness (QED) is 0.323. The molecule has 7 heteroatoms. The Hall–Kier alpha value is -3.61. The van der Waals surface area contributed by atoms with E-state index in [1.54, 1.807) is 32.0 Å². The number of non-ortho nitro benzene ring substituents is 1. The second kappa shape index (κ2) is 6.72. The molecule has 0 bridgehead atoms. The third-order valence-electron chi connectivity index (χ3n) is 3.84. The van der Waals surface area contributed by atoms with Crippen molar-refractivity contribution in [1.29, 1.82) is 0 Å². The van der Waals surface area contributed by atoms with Crippen molar-refractivity contribution in [3.63, 3.8) is 0 Å². The van der Waals surface area contributed by atoms with Crippen LogP contribution in [-0.4, -0.2) is 16.0 Å². The first-order valence-electron chi connectivity index (χ1n) is 7.72. The van der Waals surface area contributed by atoms with Crippen molar-refractivity contribution in [1.82, 2.24) is 0 Å². The molecule has 1 N–H and O–H groups in total. The summed E-state index contributed by atoms with van der Waals surface area (Å²) < 4.78 is 10.7. The van der Waals surface area contributed by atoms with E-state index in [1.165, 1.54) is 30.3 Å². The fraction of sp³-hybridized carbons (Fsp3) is 0.105. The smallest absolute Gasteiger partial charge is 0.379 e. The predicted octanol–water partition coefficient (Wildman–Crippen LogP) is 4.40. The molecule has 0 amide bonds. The highest BCUT2D eigenvalue weighted by atomic mass is 16.6. The van der Waals surface area contributed by atoms with Crippen LogP contribution in [0, 0.1) is 24.0 Å². The summed E-state index contributed by atoms with van der Waals surface area (Å²) in [4.78, 5) is 22.3. The minimum Gasteiger partial charge on any atom is -0.507 e. The lowest BCUT2D eigenvalue weighted by Gasteiger charge is -2.06. The van der Waals surface area contributed by atoms with Crippen LogP contribution >= 0.6 is 0 Å². The highest BCUT2D eigenvalue weighted by Gasteiger charge is 2.16.